The van der Waals surface area contributed by atoms with Gasteiger partial charge in [-0.2, -0.15) is 0 Å². The Hall–Kier alpha value is -0.760. The minimum Gasteiger partial charge on any atom is -0.377 e. The summed E-state index contributed by atoms with van der Waals surface area (Å²) in [5, 5.41) is 0. The average Bonchev–Trinajstić information content (AvgIpc) is 2.04. The third-order valence-electron chi connectivity index (χ3n) is 1.97. The highest BCUT2D eigenvalue weighted by molar-refractivity contribution is 5.11. The molecular formula is C9H15NO. The predicted octanol–water partition coefficient (Wildman–Crippen LogP) is 1.41. The Morgan fingerprint density at radius 1 is 1.73 bits per heavy atom. The van der Waals surface area contributed by atoms with E-state index in [9.17, 15) is 0 Å². The molecule has 0 saturated carbocycles. The standard InChI is InChI=1S/C9H15NO/c1-4-8(2)10-5-6-11-7-9(10)3/h4,9H,1-2,5-7H2,3H3. The predicted molar refractivity (Wildman–Crippen MR) is 46.3 cm³/mol. The zero-order valence-corrected chi connectivity index (χ0v) is 7.05. The van der Waals surface area contributed by atoms with Gasteiger partial charge in [-0.3, -0.25) is 0 Å². The maximum Gasteiger partial charge on any atom is 0.0668 e. The third-order valence-corrected chi connectivity index (χ3v) is 1.97. The quantitative estimate of drug-likeness (QED) is 0.556. The van der Waals surface area contributed by atoms with Crippen molar-refractivity contribution in [3.63, 3.8) is 0 Å². The fourth-order valence-electron chi connectivity index (χ4n) is 1.27. The summed E-state index contributed by atoms with van der Waals surface area (Å²) < 4.78 is 5.29. The summed E-state index contributed by atoms with van der Waals surface area (Å²) in [4.78, 5) is 2.22. The fraction of sp³-hybridized carbons (Fsp3) is 0.556. The van der Waals surface area contributed by atoms with E-state index in [1.165, 1.54) is 0 Å². The lowest BCUT2D eigenvalue weighted by molar-refractivity contribution is 0.0191. The number of ether oxygens (including phenoxy) is 1. The number of allylic oxidation sites excluding steroid dienone is 1. The molecule has 1 unspecified atom stereocenters. The molecule has 1 rings (SSSR count). The maximum atomic E-state index is 5.29. The van der Waals surface area contributed by atoms with Crippen molar-refractivity contribution in [2.75, 3.05) is 19.8 Å². The molecule has 1 saturated heterocycles. The van der Waals surface area contributed by atoms with Gasteiger partial charge in [0.05, 0.1) is 13.2 Å². The number of rotatable bonds is 2. The Morgan fingerprint density at radius 3 is 3.00 bits per heavy atom. The maximum absolute atomic E-state index is 5.29. The SMILES string of the molecule is C=CC(=C)N1CCOCC1C. The van der Waals surface area contributed by atoms with Gasteiger partial charge in [0.25, 0.3) is 0 Å². The van der Waals surface area contributed by atoms with E-state index in [-0.39, 0.29) is 0 Å². The molecule has 1 aliphatic rings. The monoisotopic (exact) mass is 153 g/mol. The van der Waals surface area contributed by atoms with E-state index < -0.39 is 0 Å². The van der Waals surface area contributed by atoms with Crippen molar-refractivity contribution in [2.24, 2.45) is 0 Å². The molecule has 0 aromatic rings. The zero-order valence-electron chi connectivity index (χ0n) is 7.05. The van der Waals surface area contributed by atoms with Crippen molar-refractivity contribution in [1.82, 2.24) is 4.90 Å². The lowest BCUT2D eigenvalue weighted by atomic mass is 10.2. The normalized spacial score (nSPS) is 24.8. The molecule has 0 N–H and O–H groups in total. The van der Waals surface area contributed by atoms with E-state index in [0.717, 1.165) is 25.5 Å². The van der Waals surface area contributed by atoms with E-state index >= 15 is 0 Å². The highest BCUT2D eigenvalue weighted by Gasteiger charge is 2.17. The highest BCUT2D eigenvalue weighted by atomic mass is 16.5. The minimum atomic E-state index is 0.439. The van der Waals surface area contributed by atoms with Crippen LogP contribution in [0.15, 0.2) is 24.9 Å². The van der Waals surface area contributed by atoms with Crippen LogP contribution in [0.1, 0.15) is 6.92 Å². The molecule has 0 radical (unpaired) electrons. The second-order valence-electron chi connectivity index (χ2n) is 2.81. The second-order valence-corrected chi connectivity index (χ2v) is 2.81. The molecule has 0 aliphatic carbocycles. The van der Waals surface area contributed by atoms with Gasteiger partial charge in [-0.1, -0.05) is 13.2 Å². The first kappa shape index (κ1) is 8.34. The molecule has 0 bridgehead atoms. The van der Waals surface area contributed by atoms with Crippen molar-refractivity contribution in [2.45, 2.75) is 13.0 Å². The van der Waals surface area contributed by atoms with Crippen LogP contribution in [0.4, 0.5) is 0 Å². The molecule has 1 fully saturated rings. The van der Waals surface area contributed by atoms with Gasteiger partial charge >= 0.3 is 0 Å². The molecular weight excluding hydrogens is 138 g/mol. The van der Waals surface area contributed by atoms with Crippen LogP contribution in [-0.2, 0) is 4.74 Å². The van der Waals surface area contributed by atoms with Gasteiger partial charge in [-0.05, 0) is 13.0 Å². The summed E-state index contributed by atoms with van der Waals surface area (Å²) >= 11 is 0. The summed E-state index contributed by atoms with van der Waals surface area (Å²) in [6.07, 6.45) is 1.79. The Kier molecular flexibility index (Phi) is 2.71. The molecule has 11 heavy (non-hydrogen) atoms. The first-order chi connectivity index (χ1) is 5.25. The molecule has 1 aliphatic heterocycles. The molecule has 1 heterocycles. The summed E-state index contributed by atoms with van der Waals surface area (Å²) in [6, 6.07) is 0.439. The molecule has 0 amide bonds. The molecule has 62 valence electrons. The average molecular weight is 153 g/mol. The van der Waals surface area contributed by atoms with Crippen LogP contribution < -0.4 is 0 Å². The Bertz CT molecular complexity index is 165. The first-order valence-electron chi connectivity index (χ1n) is 3.91. The number of hydrogen-bond acceptors (Lipinski definition) is 2. The van der Waals surface area contributed by atoms with Crippen LogP contribution in [0.25, 0.3) is 0 Å². The van der Waals surface area contributed by atoms with Crippen LogP contribution in [0.3, 0.4) is 0 Å². The Labute approximate surface area is 68.1 Å². The second kappa shape index (κ2) is 3.58. The van der Waals surface area contributed by atoms with Crippen molar-refractivity contribution in [3.8, 4) is 0 Å². The van der Waals surface area contributed by atoms with Crippen LogP contribution in [-0.4, -0.2) is 30.7 Å². The topological polar surface area (TPSA) is 12.5 Å². The van der Waals surface area contributed by atoms with Crippen molar-refractivity contribution in [3.05, 3.63) is 24.9 Å². The fourth-order valence-corrected chi connectivity index (χ4v) is 1.27. The van der Waals surface area contributed by atoms with Crippen molar-refractivity contribution in [1.29, 1.82) is 0 Å². The summed E-state index contributed by atoms with van der Waals surface area (Å²) in [5.41, 5.74) is 1.00. The van der Waals surface area contributed by atoms with Crippen LogP contribution >= 0.6 is 0 Å². The van der Waals surface area contributed by atoms with E-state index in [2.05, 4.69) is 25.0 Å². The van der Waals surface area contributed by atoms with Gasteiger partial charge in [0.15, 0.2) is 0 Å². The molecule has 0 aromatic carbocycles. The minimum absolute atomic E-state index is 0.439. The largest absolute Gasteiger partial charge is 0.377 e. The van der Waals surface area contributed by atoms with Crippen LogP contribution in [0, 0.1) is 0 Å². The lowest BCUT2D eigenvalue weighted by Gasteiger charge is -2.35. The smallest absolute Gasteiger partial charge is 0.0668 e. The molecule has 0 spiro atoms. The van der Waals surface area contributed by atoms with Gasteiger partial charge in [0, 0.05) is 18.3 Å². The van der Waals surface area contributed by atoms with Crippen LogP contribution in [0.5, 0.6) is 0 Å². The number of nitrogens with zero attached hydrogens (tertiary/aromatic N) is 1. The van der Waals surface area contributed by atoms with Gasteiger partial charge in [-0.15, -0.1) is 0 Å². The van der Waals surface area contributed by atoms with Crippen molar-refractivity contribution >= 4 is 0 Å². The summed E-state index contributed by atoms with van der Waals surface area (Å²) in [6.45, 7) is 12.3. The Balaban J connectivity index is 2.53. The number of morpholine rings is 1. The van der Waals surface area contributed by atoms with E-state index in [1.54, 1.807) is 6.08 Å². The third kappa shape index (κ3) is 1.84. The van der Waals surface area contributed by atoms with Crippen LogP contribution in [0.2, 0.25) is 0 Å². The van der Waals surface area contributed by atoms with E-state index in [0.29, 0.717) is 6.04 Å². The highest BCUT2D eigenvalue weighted by Crippen LogP contribution is 2.12. The van der Waals surface area contributed by atoms with Gasteiger partial charge in [0.2, 0.25) is 0 Å². The van der Waals surface area contributed by atoms with Crippen molar-refractivity contribution < 1.29 is 4.74 Å². The summed E-state index contributed by atoms with van der Waals surface area (Å²) in [5.74, 6) is 0. The van der Waals surface area contributed by atoms with Gasteiger partial charge < -0.3 is 9.64 Å². The number of hydrogen-bond donors (Lipinski definition) is 0. The lowest BCUT2D eigenvalue weighted by Crippen LogP contribution is -2.42. The molecule has 1 atom stereocenters. The molecule has 2 nitrogen and oxygen atoms in total. The first-order valence-corrected chi connectivity index (χ1v) is 3.91. The van der Waals surface area contributed by atoms with E-state index in [1.807, 2.05) is 0 Å². The zero-order chi connectivity index (χ0) is 8.27. The molecule has 2 heteroatoms. The van der Waals surface area contributed by atoms with Gasteiger partial charge in [-0.25, -0.2) is 0 Å². The van der Waals surface area contributed by atoms with Gasteiger partial charge in [0.1, 0.15) is 0 Å². The van der Waals surface area contributed by atoms with E-state index in [4.69, 9.17) is 4.74 Å². The summed E-state index contributed by atoms with van der Waals surface area (Å²) in [7, 11) is 0. The Morgan fingerprint density at radius 2 is 2.45 bits per heavy atom. The molecule has 0 aromatic heterocycles.